The predicted octanol–water partition coefficient (Wildman–Crippen LogP) is -0.158. The van der Waals surface area contributed by atoms with E-state index < -0.39 is 16.1 Å². The summed E-state index contributed by atoms with van der Waals surface area (Å²) in [7, 11) is -3.61. The number of aromatic amines is 1. The summed E-state index contributed by atoms with van der Waals surface area (Å²) in [6, 6.07) is 4.59. The van der Waals surface area contributed by atoms with Crippen molar-refractivity contribution < 1.29 is 8.42 Å². The maximum atomic E-state index is 12.3. The van der Waals surface area contributed by atoms with E-state index in [1.54, 1.807) is 19.1 Å². The molecule has 3 rings (SSSR count). The number of aromatic nitrogens is 4. The standard InChI is InChI=1S/C11H14N6O2S/c1-7(11-13-16-17-14-11)15-20(18,19)10-3-2-8-5-12-6-9(8)4-10/h2-4,7,12,15H,5-6H2,1H3,(H,13,14,16,17). The lowest BCUT2D eigenvalue weighted by atomic mass is 10.1. The zero-order chi connectivity index (χ0) is 14.2. The Bertz CT molecular complexity index is 713. The molecule has 2 aromatic rings. The molecule has 1 aromatic carbocycles. The second-order valence-electron chi connectivity index (χ2n) is 4.65. The number of hydrogen-bond donors (Lipinski definition) is 3. The zero-order valence-corrected chi connectivity index (χ0v) is 11.6. The number of tetrazole rings is 1. The van der Waals surface area contributed by atoms with Crippen molar-refractivity contribution in [2.75, 3.05) is 0 Å². The molecular formula is C11H14N6O2S. The number of H-pyrrole nitrogens is 1. The van der Waals surface area contributed by atoms with Crippen LogP contribution in [0, 0.1) is 0 Å². The molecule has 0 spiro atoms. The summed E-state index contributed by atoms with van der Waals surface area (Å²) >= 11 is 0. The van der Waals surface area contributed by atoms with Crippen molar-refractivity contribution in [1.82, 2.24) is 30.7 Å². The number of nitrogens with zero attached hydrogens (tertiary/aromatic N) is 3. The molecule has 3 N–H and O–H groups in total. The Kier molecular flexibility index (Phi) is 3.24. The van der Waals surface area contributed by atoms with E-state index in [1.165, 1.54) is 0 Å². The molecule has 0 bridgehead atoms. The lowest BCUT2D eigenvalue weighted by Crippen LogP contribution is -2.27. The third kappa shape index (κ3) is 2.42. The van der Waals surface area contributed by atoms with Crippen LogP contribution in [0.15, 0.2) is 23.1 Å². The lowest BCUT2D eigenvalue weighted by Gasteiger charge is -2.11. The molecule has 1 aromatic heterocycles. The molecule has 2 heterocycles. The van der Waals surface area contributed by atoms with E-state index in [0.717, 1.165) is 17.7 Å². The smallest absolute Gasteiger partial charge is 0.241 e. The summed E-state index contributed by atoms with van der Waals surface area (Å²) in [5.41, 5.74) is 2.15. The number of hydrogen-bond acceptors (Lipinski definition) is 6. The molecule has 9 heteroatoms. The van der Waals surface area contributed by atoms with Crippen LogP contribution >= 0.6 is 0 Å². The molecule has 0 radical (unpaired) electrons. The number of benzene rings is 1. The van der Waals surface area contributed by atoms with Crippen LogP contribution in [0.2, 0.25) is 0 Å². The van der Waals surface area contributed by atoms with Gasteiger partial charge in [0.05, 0.1) is 10.9 Å². The third-order valence-electron chi connectivity index (χ3n) is 3.20. The first-order valence-electron chi connectivity index (χ1n) is 6.14. The zero-order valence-electron chi connectivity index (χ0n) is 10.8. The summed E-state index contributed by atoms with van der Waals surface area (Å²) in [5.74, 6) is 0.302. The SMILES string of the molecule is CC(NS(=O)(=O)c1ccc2c(c1)CNC2)c1nn[nH]n1. The van der Waals surface area contributed by atoms with Crippen LogP contribution in [0.1, 0.15) is 29.9 Å². The van der Waals surface area contributed by atoms with Gasteiger partial charge >= 0.3 is 0 Å². The Morgan fingerprint density at radius 3 is 2.85 bits per heavy atom. The molecule has 0 saturated heterocycles. The fourth-order valence-corrected chi connectivity index (χ4v) is 3.40. The van der Waals surface area contributed by atoms with Gasteiger partial charge in [0.15, 0.2) is 5.82 Å². The molecule has 106 valence electrons. The second kappa shape index (κ2) is 4.93. The van der Waals surface area contributed by atoms with E-state index >= 15 is 0 Å². The van der Waals surface area contributed by atoms with Crippen LogP contribution in [0.5, 0.6) is 0 Å². The number of nitrogens with one attached hydrogen (secondary N) is 3. The average Bonchev–Trinajstić information content (AvgIpc) is 3.08. The highest BCUT2D eigenvalue weighted by atomic mass is 32.2. The quantitative estimate of drug-likeness (QED) is 0.722. The second-order valence-corrected chi connectivity index (χ2v) is 6.36. The van der Waals surface area contributed by atoms with Crippen molar-refractivity contribution >= 4 is 10.0 Å². The van der Waals surface area contributed by atoms with Gasteiger partial charge in [-0.15, -0.1) is 10.2 Å². The van der Waals surface area contributed by atoms with Gasteiger partial charge in [-0.2, -0.15) is 5.21 Å². The minimum Gasteiger partial charge on any atom is -0.309 e. The maximum absolute atomic E-state index is 12.3. The summed E-state index contributed by atoms with van der Waals surface area (Å²) in [4.78, 5) is 0.246. The molecule has 0 fully saturated rings. The Hall–Kier alpha value is -1.84. The van der Waals surface area contributed by atoms with Gasteiger partial charge in [0.25, 0.3) is 0 Å². The van der Waals surface area contributed by atoms with E-state index in [9.17, 15) is 8.42 Å². The fraction of sp³-hybridized carbons (Fsp3) is 0.364. The molecule has 1 atom stereocenters. The summed E-state index contributed by atoms with van der Waals surface area (Å²) in [6.07, 6.45) is 0. The van der Waals surface area contributed by atoms with Crippen molar-refractivity contribution in [3.8, 4) is 0 Å². The molecule has 1 aliphatic rings. The van der Waals surface area contributed by atoms with Crippen molar-refractivity contribution in [1.29, 1.82) is 0 Å². The van der Waals surface area contributed by atoms with Crippen LogP contribution in [0.3, 0.4) is 0 Å². The molecule has 8 nitrogen and oxygen atoms in total. The fourth-order valence-electron chi connectivity index (χ4n) is 2.14. The summed E-state index contributed by atoms with van der Waals surface area (Å²) < 4.78 is 27.2. The molecule has 1 aliphatic heterocycles. The minimum absolute atomic E-state index is 0.246. The summed E-state index contributed by atoms with van der Waals surface area (Å²) in [5, 5.41) is 16.4. The molecule has 0 aliphatic carbocycles. The van der Waals surface area contributed by atoms with Gasteiger partial charge in [0.1, 0.15) is 0 Å². The first-order chi connectivity index (χ1) is 9.56. The first-order valence-corrected chi connectivity index (χ1v) is 7.63. The van der Waals surface area contributed by atoms with Gasteiger partial charge in [-0.3, -0.25) is 0 Å². The number of rotatable bonds is 4. The Morgan fingerprint density at radius 1 is 1.30 bits per heavy atom. The van der Waals surface area contributed by atoms with Gasteiger partial charge in [0.2, 0.25) is 10.0 Å². The Morgan fingerprint density at radius 2 is 2.10 bits per heavy atom. The van der Waals surface area contributed by atoms with Crippen molar-refractivity contribution in [2.24, 2.45) is 0 Å². The normalized spacial score (nSPS) is 16.1. The van der Waals surface area contributed by atoms with Crippen LogP contribution in [0.25, 0.3) is 0 Å². The van der Waals surface area contributed by atoms with Crippen LogP contribution in [-0.4, -0.2) is 29.0 Å². The predicted molar refractivity (Wildman–Crippen MR) is 69.9 cm³/mol. The van der Waals surface area contributed by atoms with Gasteiger partial charge in [0, 0.05) is 13.1 Å². The van der Waals surface area contributed by atoms with E-state index in [1.807, 2.05) is 6.07 Å². The van der Waals surface area contributed by atoms with E-state index in [2.05, 4.69) is 30.7 Å². The van der Waals surface area contributed by atoms with Crippen molar-refractivity contribution in [2.45, 2.75) is 31.0 Å². The van der Waals surface area contributed by atoms with Gasteiger partial charge in [-0.05, 0) is 30.2 Å². The van der Waals surface area contributed by atoms with Gasteiger partial charge in [-0.1, -0.05) is 11.3 Å². The minimum atomic E-state index is -3.61. The summed E-state index contributed by atoms with van der Waals surface area (Å²) in [6.45, 7) is 3.14. The highest BCUT2D eigenvalue weighted by molar-refractivity contribution is 7.89. The van der Waals surface area contributed by atoms with Gasteiger partial charge < -0.3 is 5.32 Å². The molecule has 0 saturated carbocycles. The average molecular weight is 294 g/mol. The number of sulfonamides is 1. The largest absolute Gasteiger partial charge is 0.309 e. The van der Waals surface area contributed by atoms with Crippen LogP contribution in [-0.2, 0) is 23.1 Å². The van der Waals surface area contributed by atoms with Crippen LogP contribution in [0.4, 0.5) is 0 Å². The van der Waals surface area contributed by atoms with Crippen molar-refractivity contribution in [3.63, 3.8) is 0 Å². The topological polar surface area (TPSA) is 113 Å². The third-order valence-corrected chi connectivity index (χ3v) is 4.74. The molecule has 20 heavy (non-hydrogen) atoms. The van der Waals surface area contributed by atoms with Crippen molar-refractivity contribution in [3.05, 3.63) is 35.2 Å². The van der Waals surface area contributed by atoms with Gasteiger partial charge in [-0.25, -0.2) is 13.1 Å². The molecular weight excluding hydrogens is 280 g/mol. The highest BCUT2D eigenvalue weighted by Gasteiger charge is 2.22. The number of fused-ring (bicyclic) bond motifs is 1. The van der Waals surface area contributed by atoms with E-state index in [-0.39, 0.29) is 4.90 Å². The van der Waals surface area contributed by atoms with E-state index in [0.29, 0.717) is 12.4 Å². The Balaban J connectivity index is 1.85. The van der Waals surface area contributed by atoms with E-state index in [4.69, 9.17) is 0 Å². The first kappa shape index (κ1) is 13.2. The molecule has 1 unspecified atom stereocenters. The highest BCUT2D eigenvalue weighted by Crippen LogP contribution is 2.21. The van der Waals surface area contributed by atoms with Crippen LogP contribution < -0.4 is 10.0 Å². The molecule has 0 amide bonds. The Labute approximate surface area is 116 Å². The maximum Gasteiger partial charge on any atom is 0.241 e. The monoisotopic (exact) mass is 294 g/mol. The lowest BCUT2D eigenvalue weighted by molar-refractivity contribution is 0.560.